The van der Waals surface area contributed by atoms with Crippen molar-refractivity contribution in [3.8, 4) is 0 Å². The van der Waals surface area contributed by atoms with Gasteiger partial charge in [0.05, 0.1) is 0 Å². The topological polar surface area (TPSA) is 35.2 Å². The highest BCUT2D eigenvalue weighted by atomic mass is 79.9. The molecule has 2 N–H and O–H groups in total. The Morgan fingerprint density at radius 3 is 2.27 bits per heavy atom. The molecule has 0 heterocycles. The van der Waals surface area contributed by atoms with Crippen LogP contribution >= 0.6 is 28.3 Å². The molecule has 0 aliphatic heterocycles. The molecular weight excluding hydrogens is 229 g/mol. The van der Waals surface area contributed by atoms with Gasteiger partial charge in [0.1, 0.15) is 0 Å². The Morgan fingerprint density at radius 1 is 1.27 bits per heavy atom. The summed E-state index contributed by atoms with van der Waals surface area (Å²) in [5, 5.41) is -0.200. The molecule has 0 amide bonds. The molecule has 1 rings (SSSR count). The highest BCUT2D eigenvalue weighted by Gasteiger charge is 2.02. The fourth-order valence-electron chi connectivity index (χ4n) is 0.683. The van der Waals surface area contributed by atoms with Gasteiger partial charge in [-0.15, -0.1) is 12.4 Å². The molecule has 1 aromatic rings. The Labute approximate surface area is 80.2 Å². The van der Waals surface area contributed by atoms with Gasteiger partial charge in [-0.25, -0.2) is 5.90 Å². The zero-order chi connectivity index (χ0) is 7.40. The van der Waals surface area contributed by atoms with Crippen LogP contribution in [0.2, 0.25) is 0 Å². The molecule has 0 aromatic heterocycles. The van der Waals surface area contributed by atoms with Crippen molar-refractivity contribution in [2.24, 2.45) is 5.90 Å². The Kier molecular flexibility index (Phi) is 5.50. The maximum atomic E-state index is 4.96. The van der Waals surface area contributed by atoms with Gasteiger partial charge >= 0.3 is 0 Å². The summed E-state index contributed by atoms with van der Waals surface area (Å²) < 4.78 is 0. The summed E-state index contributed by atoms with van der Waals surface area (Å²) in [7, 11) is 0. The van der Waals surface area contributed by atoms with Crippen LogP contribution in [0.3, 0.4) is 0 Å². The highest BCUT2D eigenvalue weighted by molar-refractivity contribution is 9.09. The minimum atomic E-state index is -0.200. The molecule has 1 unspecified atom stereocenters. The van der Waals surface area contributed by atoms with Gasteiger partial charge in [-0.2, -0.15) is 0 Å². The fraction of sp³-hybridized carbons (Fsp3) is 0.143. The summed E-state index contributed by atoms with van der Waals surface area (Å²) in [6, 6.07) is 9.68. The maximum absolute atomic E-state index is 4.96. The van der Waals surface area contributed by atoms with Gasteiger partial charge in [0.25, 0.3) is 0 Å². The quantitative estimate of drug-likeness (QED) is 0.634. The molecule has 0 aliphatic carbocycles. The predicted molar refractivity (Wildman–Crippen MR) is 50.6 cm³/mol. The molecule has 1 atom stereocenters. The highest BCUT2D eigenvalue weighted by Crippen LogP contribution is 2.20. The van der Waals surface area contributed by atoms with Crippen molar-refractivity contribution >= 4 is 28.3 Å². The lowest BCUT2D eigenvalue weighted by molar-refractivity contribution is 0.121. The van der Waals surface area contributed by atoms with E-state index in [2.05, 4.69) is 20.8 Å². The second-order valence-corrected chi connectivity index (χ2v) is 2.69. The molecule has 0 saturated heterocycles. The van der Waals surface area contributed by atoms with Crippen LogP contribution in [0.5, 0.6) is 0 Å². The minimum absolute atomic E-state index is 0. The maximum Gasteiger partial charge on any atom is 0.158 e. The molecule has 11 heavy (non-hydrogen) atoms. The number of benzene rings is 1. The Balaban J connectivity index is 0.000001000. The number of halogens is 2. The van der Waals surface area contributed by atoms with E-state index in [0.29, 0.717) is 0 Å². The lowest BCUT2D eigenvalue weighted by Crippen LogP contribution is -2.01. The summed E-state index contributed by atoms with van der Waals surface area (Å²) in [5.74, 6) is 4.96. The van der Waals surface area contributed by atoms with Crippen molar-refractivity contribution in [3.05, 3.63) is 35.9 Å². The largest absolute Gasteiger partial charge is 0.285 e. The summed E-state index contributed by atoms with van der Waals surface area (Å²) in [6.45, 7) is 0. The van der Waals surface area contributed by atoms with Crippen molar-refractivity contribution in [1.82, 2.24) is 0 Å². The summed E-state index contributed by atoms with van der Waals surface area (Å²) in [6.07, 6.45) is 0. The smallest absolute Gasteiger partial charge is 0.158 e. The Morgan fingerprint density at radius 2 is 1.82 bits per heavy atom. The number of alkyl halides is 1. The summed E-state index contributed by atoms with van der Waals surface area (Å²) in [4.78, 5) is 4.55. The van der Waals surface area contributed by atoms with E-state index in [9.17, 15) is 0 Å². The van der Waals surface area contributed by atoms with Crippen LogP contribution < -0.4 is 5.90 Å². The third-order valence-electron chi connectivity index (χ3n) is 1.18. The second kappa shape index (κ2) is 5.55. The van der Waals surface area contributed by atoms with Gasteiger partial charge in [-0.05, 0) is 5.56 Å². The van der Waals surface area contributed by atoms with Crippen molar-refractivity contribution in [2.75, 3.05) is 0 Å². The minimum Gasteiger partial charge on any atom is -0.285 e. The third kappa shape index (κ3) is 3.20. The number of rotatable bonds is 2. The van der Waals surface area contributed by atoms with Crippen molar-refractivity contribution in [3.63, 3.8) is 0 Å². The molecule has 0 saturated carbocycles. The molecule has 62 valence electrons. The first-order chi connectivity index (χ1) is 4.84. The van der Waals surface area contributed by atoms with Crippen molar-refractivity contribution < 1.29 is 4.84 Å². The van der Waals surface area contributed by atoms with Crippen LogP contribution in [0.15, 0.2) is 30.3 Å². The molecule has 0 fully saturated rings. The fourth-order valence-corrected chi connectivity index (χ4v) is 0.988. The zero-order valence-corrected chi connectivity index (χ0v) is 8.14. The van der Waals surface area contributed by atoms with Gasteiger partial charge in [0.2, 0.25) is 0 Å². The molecular formula is C7H9BrClNO. The van der Waals surface area contributed by atoms with Crippen molar-refractivity contribution in [2.45, 2.75) is 5.01 Å². The standard InChI is InChI=1S/C7H8BrNO.ClH/c8-7(10-9)6-4-2-1-3-5-6;/h1-5,7H,9H2;1H. The summed E-state index contributed by atoms with van der Waals surface area (Å²) in [5.41, 5.74) is 1.02. The Hall–Kier alpha value is -0.0900. The molecule has 0 bridgehead atoms. The predicted octanol–water partition coefficient (Wildman–Crippen LogP) is 2.39. The van der Waals surface area contributed by atoms with E-state index in [1.54, 1.807) is 0 Å². The van der Waals surface area contributed by atoms with Gasteiger partial charge in [-0.1, -0.05) is 46.3 Å². The normalized spacial score (nSPS) is 11.8. The van der Waals surface area contributed by atoms with Gasteiger partial charge in [0, 0.05) is 0 Å². The number of hydrogen-bond acceptors (Lipinski definition) is 2. The van der Waals surface area contributed by atoms with E-state index in [1.807, 2.05) is 30.3 Å². The number of hydrogen-bond donors (Lipinski definition) is 1. The number of nitrogens with two attached hydrogens (primary N) is 1. The van der Waals surface area contributed by atoms with Crippen LogP contribution in [0.1, 0.15) is 10.6 Å². The SMILES string of the molecule is Cl.NOC(Br)c1ccccc1. The zero-order valence-electron chi connectivity index (χ0n) is 5.74. The molecule has 2 nitrogen and oxygen atoms in total. The molecule has 1 aromatic carbocycles. The average Bonchev–Trinajstić information content (AvgIpc) is 2.05. The Bertz CT molecular complexity index is 195. The van der Waals surface area contributed by atoms with Crippen LogP contribution in [-0.4, -0.2) is 0 Å². The van der Waals surface area contributed by atoms with Crippen LogP contribution in [0.4, 0.5) is 0 Å². The lowest BCUT2D eigenvalue weighted by Gasteiger charge is -2.04. The van der Waals surface area contributed by atoms with Gasteiger partial charge in [0.15, 0.2) is 5.01 Å². The monoisotopic (exact) mass is 237 g/mol. The summed E-state index contributed by atoms with van der Waals surface area (Å²) >= 11 is 3.24. The lowest BCUT2D eigenvalue weighted by atomic mass is 10.2. The van der Waals surface area contributed by atoms with Crippen LogP contribution in [0, 0.1) is 0 Å². The first-order valence-corrected chi connectivity index (χ1v) is 3.80. The molecule has 4 heteroatoms. The van der Waals surface area contributed by atoms with E-state index in [1.165, 1.54) is 0 Å². The first-order valence-electron chi connectivity index (χ1n) is 2.89. The second-order valence-electron chi connectivity index (χ2n) is 1.86. The van der Waals surface area contributed by atoms with Gasteiger partial charge < -0.3 is 0 Å². The first kappa shape index (κ1) is 10.9. The van der Waals surface area contributed by atoms with E-state index in [4.69, 9.17) is 5.90 Å². The molecule has 0 aliphatic rings. The van der Waals surface area contributed by atoms with E-state index in [-0.39, 0.29) is 17.4 Å². The third-order valence-corrected chi connectivity index (χ3v) is 1.93. The van der Waals surface area contributed by atoms with E-state index >= 15 is 0 Å². The van der Waals surface area contributed by atoms with Crippen LogP contribution in [0.25, 0.3) is 0 Å². The van der Waals surface area contributed by atoms with Crippen molar-refractivity contribution in [1.29, 1.82) is 0 Å². The molecule has 0 spiro atoms. The van der Waals surface area contributed by atoms with Gasteiger partial charge in [-0.3, -0.25) is 4.84 Å². The van der Waals surface area contributed by atoms with E-state index in [0.717, 1.165) is 5.56 Å². The van der Waals surface area contributed by atoms with E-state index < -0.39 is 0 Å². The molecule has 0 radical (unpaired) electrons. The van der Waals surface area contributed by atoms with Crippen LogP contribution in [-0.2, 0) is 4.84 Å². The average molecular weight is 239 g/mol.